The molecular weight excluding hydrogens is 272 g/mol. The first kappa shape index (κ1) is 14.4. The average Bonchev–Trinajstić information content (AvgIpc) is 2.86. The molecule has 0 amide bonds. The standard InChI is InChI=1S/C19H20N2O/c1-13(2)21-19(22)17(15-7-5-4-6-8-15)18(20-21)16-11-9-14(3)10-12-16/h4-13,20H,1-3H3. The molecule has 0 saturated heterocycles. The third-order valence-electron chi connectivity index (χ3n) is 3.83. The number of nitrogens with zero attached hydrogens (tertiary/aromatic N) is 1. The SMILES string of the molecule is Cc1ccc(-c2[nH]n(C(C)C)c(=O)c2-c2ccccc2)cc1. The van der Waals surface area contributed by atoms with Crippen LogP contribution in [-0.4, -0.2) is 9.78 Å². The number of nitrogens with one attached hydrogen (secondary N) is 1. The quantitative estimate of drug-likeness (QED) is 0.763. The first-order valence-corrected chi connectivity index (χ1v) is 7.55. The van der Waals surface area contributed by atoms with Gasteiger partial charge >= 0.3 is 0 Å². The highest BCUT2D eigenvalue weighted by Crippen LogP contribution is 2.28. The lowest BCUT2D eigenvalue weighted by Gasteiger charge is -2.05. The largest absolute Gasteiger partial charge is 0.294 e. The first-order chi connectivity index (χ1) is 10.6. The third kappa shape index (κ3) is 2.50. The van der Waals surface area contributed by atoms with Crippen molar-refractivity contribution in [3.8, 4) is 22.4 Å². The molecule has 1 N–H and O–H groups in total. The van der Waals surface area contributed by atoms with Crippen molar-refractivity contribution >= 4 is 0 Å². The van der Waals surface area contributed by atoms with Crippen molar-refractivity contribution in [3.63, 3.8) is 0 Å². The summed E-state index contributed by atoms with van der Waals surface area (Å²) in [6, 6.07) is 18.2. The van der Waals surface area contributed by atoms with E-state index < -0.39 is 0 Å². The summed E-state index contributed by atoms with van der Waals surface area (Å²) in [5.41, 5.74) is 4.81. The van der Waals surface area contributed by atoms with E-state index in [0.29, 0.717) is 0 Å². The lowest BCUT2D eigenvalue weighted by atomic mass is 10.0. The third-order valence-corrected chi connectivity index (χ3v) is 3.83. The fourth-order valence-electron chi connectivity index (χ4n) is 2.62. The molecule has 2 aromatic carbocycles. The van der Waals surface area contributed by atoms with Crippen molar-refractivity contribution in [3.05, 3.63) is 70.5 Å². The molecule has 0 atom stereocenters. The summed E-state index contributed by atoms with van der Waals surface area (Å²) >= 11 is 0. The van der Waals surface area contributed by atoms with Crippen molar-refractivity contribution in [1.29, 1.82) is 0 Å². The van der Waals surface area contributed by atoms with Crippen LogP contribution < -0.4 is 5.56 Å². The Morgan fingerprint density at radius 3 is 2.14 bits per heavy atom. The monoisotopic (exact) mass is 292 g/mol. The van der Waals surface area contributed by atoms with Crippen LogP contribution in [0.15, 0.2) is 59.4 Å². The number of aromatic nitrogens is 2. The molecule has 0 aliphatic rings. The number of aromatic amines is 1. The van der Waals surface area contributed by atoms with E-state index in [1.165, 1.54) is 5.56 Å². The lowest BCUT2D eigenvalue weighted by Crippen LogP contribution is -2.19. The minimum Gasteiger partial charge on any atom is -0.294 e. The van der Waals surface area contributed by atoms with Gasteiger partial charge in [0.1, 0.15) is 0 Å². The van der Waals surface area contributed by atoms with Gasteiger partial charge in [-0.25, -0.2) is 4.68 Å². The van der Waals surface area contributed by atoms with E-state index in [0.717, 1.165) is 22.4 Å². The molecule has 3 aromatic rings. The van der Waals surface area contributed by atoms with Gasteiger partial charge in [-0.05, 0) is 26.3 Å². The highest BCUT2D eigenvalue weighted by atomic mass is 16.1. The normalized spacial score (nSPS) is 11.1. The Morgan fingerprint density at radius 2 is 1.55 bits per heavy atom. The molecule has 0 radical (unpaired) electrons. The topological polar surface area (TPSA) is 37.8 Å². The Bertz CT molecular complexity index is 824. The Balaban J connectivity index is 2.27. The molecule has 1 aromatic heterocycles. The highest BCUT2D eigenvalue weighted by Gasteiger charge is 2.18. The maximum atomic E-state index is 12.8. The van der Waals surface area contributed by atoms with Crippen LogP contribution in [0.5, 0.6) is 0 Å². The summed E-state index contributed by atoms with van der Waals surface area (Å²) in [6.45, 7) is 6.07. The summed E-state index contributed by atoms with van der Waals surface area (Å²) in [5.74, 6) is 0. The van der Waals surface area contributed by atoms with Crippen LogP contribution in [0.4, 0.5) is 0 Å². The predicted molar refractivity (Wildman–Crippen MR) is 91.0 cm³/mol. The summed E-state index contributed by atoms with van der Waals surface area (Å²) in [5, 5.41) is 3.29. The highest BCUT2D eigenvalue weighted by molar-refractivity contribution is 5.80. The zero-order chi connectivity index (χ0) is 15.7. The molecule has 0 aliphatic carbocycles. The average molecular weight is 292 g/mol. The van der Waals surface area contributed by atoms with Gasteiger partial charge in [0.05, 0.1) is 11.3 Å². The van der Waals surface area contributed by atoms with Gasteiger partial charge in [-0.15, -0.1) is 0 Å². The molecule has 3 nitrogen and oxygen atoms in total. The summed E-state index contributed by atoms with van der Waals surface area (Å²) < 4.78 is 1.69. The van der Waals surface area contributed by atoms with Gasteiger partial charge < -0.3 is 0 Å². The second kappa shape index (κ2) is 5.68. The van der Waals surface area contributed by atoms with Crippen LogP contribution in [-0.2, 0) is 0 Å². The second-order valence-corrected chi connectivity index (χ2v) is 5.86. The van der Waals surface area contributed by atoms with E-state index in [4.69, 9.17) is 0 Å². The van der Waals surface area contributed by atoms with Gasteiger partial charge in [0.15, 0.2) is 0 Å². The number of hydrogen-bond donors (Lipinski definition) is 1. The Morgan fingerprint density at radius 1 is 0.909 bits per heavy atom. The second-order valence-electron chi connectivity index (χ2n) is 5.86. The van der Waals surface area contributed by atoms with Crippen molar-refractivity contribution in [2.45, 2.75) is 26.8 Å². The van der Waals surface area contributed by atoms with Crippen molar-refractivity contribution in [2.75, 3.05) is 0 Å². The summed E-state index contributed by atoms with van der Waals surface area (Å²) in [7, 11) is 0. The van der Waals surface area contributed by atoms with E-state index in [9.17, 15) is 4.79 Å². The molecule has 3 heteroatoms. The molecule has 1 heterocycles. The van der Waals surface area contributed by atoms with Gasteiger partial charge in [-0.2, -0.15) is 0 Å². The molecule has 0 bridgehead atoms. The molecule has 0 aliphatic heterocycles. The predicted octanol–water partition coefficient (Wildman–Crippen LogP) is 4.40. The van der Waals surface area contributed by atoms with E-state index in [-0.39, 0.29) is 11.6 Å². The van der Waals surface area contributed by atoms with Crippen molar-refractivity contribution in [2.24, 2.45) is 0 Å². The number of benzene rings is 2. The lowest BCUT2D eigenvalue weighted by molar-refractivity contribution is 0.518. The molecule has 112 valence electrons. The maximum Gasteiger partial charge on any atom is 0.275 e. The minimum absolute atomic E-state index is 0.0248. The smallest absolute Gasteiger partial charge is 0.275 e. The number of rotatable bonds is 3. The molecule has 0 spiro atoms. The summed E-state index contributed by atoms with van der Waals surface area (Å²) in [6.07, 6.45) is 0. The van der Waals surface area contributed by atoms with Gasteiger partial charge in [-0.1, -0.05) is 60.2 Å². The zero-order valence-electron chi connectivity index (χ0n) is 13.1. The molecule has 0 fully saturated rings. The van der Waals surface area contributed by atoms with Gasteiger partial charge in [0.2, 0.25) is 0 Å². The van der Waals surface area contributed by atoms with Gasteiger partial charge in [0.25, 0.3) is 5.56 Å². The van der Waals surface area contributed by atoms with Crippen LogP contribution in [0.25, 0.3) is 22.4 Å². The maximum absolute atomic E-state index is 12.8. The number of H-pyrrole nitrogens is 1. The van der Waals surface area contributed by atoms with E-state index in [1.54, 1.807) is 4.68 Å². The van der Waals surface area contributed by atoms with Crippen LogP contribution in [0.1, 0.15) is 25.5 Å². The summed E-state index contributed by atoms with van der Waals surface area (Å²) in [4.78, 5) is 12.8. The fraction of sp³-hybridized carbons (Fsp3) is 0.211. The minimum atomic E-state index is 0.0248. The fourth-order valence-corrected chi connectivity index (χ4v) is 2.62. The molecule has 3 rings (SSSR count). The molecule has 0 unspecified atom stereocenters. The number of hydrogen-bond acceptors (Lipinski definition) is 1. The Hall–Kier alpha value is -2.55. The van der Waals surface area contributed by atoms with Crippen molar-refractivity contribution < 1.29 is 0 Å². The van der Waals surface area contributed by atoms with Crippen LogP contribution in [0, 0.1) is 6.92 Å². The van der Waals surface area contributed by atoms with Gasteiger partial charge in [-0.3, -0.25) is 9.89 Å². The molecular formula is C19H20N2O. The van der Waals surface area contributed by atoms with Crippen LogP contribution in [0.3, 0.4) is 0 Å². The van der Waals surface area contributed by atoms with Crippen LogP contribution >= 0.6 is 0 Å². The first-order valence-electron chi connectivity index (χ1n) is 7.55. The molecule has 0 saturated carbocycles. The van der Waals surface area contributed by atoms with E-state index >= 15 is 0 Å². The number of aryl methyl sites for hydroxylation is 1. The van der Waals surface area contributed by atoms with E-state index in [1.807, 2.05) is 44.2 Å². The zero-order valence-corrected chi connectivity index (χ0v) is 13.1. The Labute approximate surface area is 130 Å². The van der Waals surface area contributed by atoms with Crippen molar-refractivity contribution in [1.82, 2.24) is 9.78 Å². The Kier molecular flexibility index (Phi) is 3.72. The van der Waals surface area contributed by atoms with Crippen LogP contribution in [0.2, 0.25) is 0 Å². The molecule has 22 heavy (non-hydrogen) atoms. The van der Waals surface area contributed by atoms with Gasteiger partial charge in [0, 0.05) is 11.6 Å². The van der Waals surface area contributed by atoms with E-state index in [2.05, 4.69) is 36.3 Å².